The quantitative estimate of drug-likeness (QED) is 0.806. The number of alkyl halides is 3. The third kappa shape index (κ3) is 6.53. The van der Waals surface area contributed by atoms with Crippen molar-refractivity contribution in [2.75, 3.05) is 25.1 Å². The van der Waals surface area contributed by atoms with E-state index in [9.17, 15) is 13.2 Å². The number of benzene rings is 1. The van der Waals surface area contributed by atoms with Crippen LogP contribution in [-0.4, -0.2) is 25.9 Å². The fraction of sp³-hybridized carbons (Fsp3) is 0.455. The molecule has 0 radical (unpaired) electrons. The highest BCUT2D eigenvalue weighted by molar-refractivity contribution is 9.10. The number of anilines is 1. The first-order valence-electron chi connectivity index (χ1n) is 5.12. The van der Waals surface area contributed by atoms with Gasteiger partial charge in [-0.1, -0.05) is 12.1 Å². The van der Waals surface area contributed by atoms with E-state index in [-0.39, 0.29) is 6.61 Å². The highest BCUT2D eigenvalue weighted by Crippen LogP contribution is 2.20. The van der Waals surface area contributed by atoms with Crippen LogP contribution in [0.25, 0.3) is 0 Å². The molecule has 6 heteroatoms. The Bertz CT molecular complexity index is 344. The Balaban J connectivity index is 2.11. The second-order valence-corrected chi connectivity index (χ2v) is 4.28. The summed E-state index contributed by atoms with van der Waals surface area (Å²) in [5.74, 6) is 0. The Morgan fingerprint density at radius 3 is 2.59 bits per heavy atom. The first-order chi connectivity index (χ1) is 7.99. The summed E-state index contributed by atoms with van der Waals surface area (Å²) < 4.78 is 40.6. The van der Waals surface area contributed by atoms with Crippen LogP contribution in [0.1, 0.15) is 6.42 Å². The zero-order valence-corrected chi connectivity index (χ0v) is 10.6. The number of hydrogen-bond acceptors (Lipinski definition) is 2. The molecule has 0 bridgehead atoms. The molecular formula is C11H13BrF3NO. The Labute approximate surface area is 106 Å². The van der Waals surface area contributed by atoms with Crippen molar-refractivity contribution < 1.29 is 17.9 Å². The molecule has 1 N–H and O–H groups in total. The van der Waals surface area contributed by atoms with E-state index in [4.69, 9.17) is 0 Å². The van der Waals surface area contributed by atoms with E-state index in [1.165, 1.54) is 0 Å². The minimum Gasteiger partial charge on any atom is -0.384 e. The summed E-state index contributed by atoms with van der Waals surface area (Å²) in [6.07, 6.45) is -3.71. The second-order valence-electron chi connectivity index (χ2n) is 3.43. The van der Waals surface area contributed by atoms with Crippen LogP contribution in [0.4, 0.5) is 18.9 Å². The summed E-state index contributed by atoms with van der Waals surface area (Å²) in [4.78, 5) is 0. The van der Waals surface area contributed by atoms with Crippen LogP contribution in [0.15, 0.2) is 28.7 Å². The number of ether oxygens (including phenoxy) is 1. The minimum absolute atomic E-state index is 0.0942. The van der Waals surface area contributed by atoms with Crippen LogP contribution in [0, 0.1) is 0 Å². The number of nitrogens with one attached hydrogen (secondary N) is 1. The van der Waals surface area contributed by atoms with Gasteiger partial charge in [0.1, 0.15) is 6.61 Å². The lowest BCUT2D eigenvalue weighted by molar-refractivity contribution is -0.173. The van der Waals surface area contributed by atoms with Crippen molar-refractivity contribution in [3.63, 3.8) is 0 Å². The van der Waals surface area contributed by atoms with Crippen LogP contribution in [0.5, 0.6) is 0 Å². The fourth-order valence-corrected chi connectivity index (χ4v) is 1.61. The monoisotopic (exact) mass is 311 g/mol. The van der Waals surface area contributed by atoms with E-state index in [0.29, 0.717) is 13.0 Å². The molecule has 1 aromatic rings. The van der Waals surface area contributed by atoms with E-state index >= 15 is 0 Å². The summed E-state index contributed by atoms with van der Waals surface area (Å²) in [5.41, 5.74) is 0.920. The van der Waals surface area contributed by atoms with Gasteiger partial charge < -0.3 is 10.1 Å². The van der Waals surface area contributed by atoms with Gasteiger partial charge in [-0.2, -0.15) is 13.2 Å². The molecule has 0 aromatic heterocycles. The van der Waals surface area contributed by atoms with Crippen LogP contribution in [0.2, 0.25) is 0 Å². The highest BCUT2D eigenvalue weighted by Gasteiger charge is 2.27. The summed E-state index contributed by atoms with van der Waals surface area (Å²) in [6.45, 7) is -0.514. The summed E-state index contributed by atoms with van der Waals surface area (Å²) in [7, 11) is 0. The molecule has 17 heavy (non-hydrogen) atoms. The molecule has 0 saturated heterocycles. The second kappa shape index (κ2) is 6.86. The van der Waals surface area contributed by atoms with Crippen molar-refractivity contribution in [2.45, 2.75) is 12.6 Å². The van der Waals surface area contributed by atoms with Crippen molar-refractivity contribution in [1.82, 2.24) is 0 Å². The third-order valence-electron chi connectivity index (χ3n) is 1.92. The van der Waals surface area contributed by atoms with Crippen molar-refractivity contribution in [3.05, 3.63) is 28.7 Å². The van der Waals surface area contributed by atoms with Crippen LogP contribution < -0.4 is 5.32 Å². The largest absolute Gasteiger partial charge is 0.411 e. The predicted molar refractivity (Wildman–Crippen MR) is 64.1 cm³/mol. The lowest BCUT2D eigenvalue weighted by Gasteiger charge is -2.09. The number of rotatable bonds is 6. The first-order valence-corrected chi connectivity index (χ1v) is 5.91. The smallest absolute Gasteiger partial charge is 0.384 e. The molecule has 0 aliphatic rings. The van der Waals surface area contributed by atoms with Crippen molar-refractivity contribution >= 4 is 21.6 Å². The Morgan fingerprint density at radius 2 is 1.94 bits per heavy atom. The SMILES string of the molecule is FC(F)(F)COCCCNc1ccccc1Br. The summed E-state index contributed by atoms with van der Waals surface area (Å²) >= 11 is 3.36. The molecule has 0 atom stereocenters. The van der Waals surface area contributed by atoms with Gasteiger partial charge in [0.15, 0.2) is 0 Å². The third-order valence-corrected chi connectivity index (χ3v) is 2.61. The van der Waals surface area contributed by atoms with Crippen LogP contribution in [0.3, 0.4) is 0 Å². The van der Waals surface area contributed by atoms with Gasteiger partial charge in [-0.05, 0) is 34.5 Å². The zero-order chi connectivity index (χ0) is 12.7. The van der Waals surface area contributed by atoms with Crippen LogP contribution >= 0.6 is 15.9 Å². The van der Waals surface area contributed by atoms with Gasteiger partial charge in [-0.25, -0.2) is 0 Å². The van der Waals surface area contributed by atoms with Gasteiger partial charge in [-0.15, -0.1) is 0 Å². The number of hydrogen-bond donors (Lipinski definition) is 1. The van der Waals surface area contributed by atoms with Crippen molar-refractivity contribution in [1.29, 1.82) is 0 Å². The maximum Gasteiger partial charge on any atom is 0.411 e. The average molecular weight is 312 g/mol. The maximum atomic E-state index is 11.7. The summed E-state index contributed by atoms with van der Waals surface area (Å²) in [6, 6.07) is 7.55. The van der Waals surface area contributed by atoms with Gasteiger partial charge in [0.25, 0.3) is 0 Å². The Kier molecular flexibility index (Phi) is 5.77. The maximum absolute atomic E-state index is 11.7. The zero-order valence-electron chi connectivity index (χ0n) is 9.06. The van der Waals surface area contributed by atoms with Crippen molar-refractivity contribution in [2.24, 2.45) is 0 Å². The number of halogens is 4. The normalized spacial score (nSPS) is 11.5. The molecule has 0 aliphatic carbocycles. The molecule has 0 fully saturated rings. The van der Waals surface area contributed by atoms with Gasteiger partial charge in [0.05, 0.1) is 0 Å². The van der Waals surface area contributed by atoms with Crippen LogP contribution in [-0.2, 0) is 4.74 Å². The van der Waals surface area contributed by atoms with E-state index < -0.39 is 12.8 Å². The fourth-order valence-electron chi connectivity index (χ4n) is 1.19. The first kappa shape index (κ1) is 14.3. The van der Waals surface area contributed by atoms with Crippen molar-refractivity contribution in [3.8, 4) is 0 Å². The van der Waals surface area contributed by atoms with Gasteiger partial charge >= 0.3 is 6.18 Å². The molecule has 1 rings (SSSR count). The standard InChI is InChI=1S/C11H13BrF3NO/c12-9-4-1-2-5-10(9)16-6-3-7-17-8-11(13,14)15/h1-2,4-5,16H,3,6-8H2. The molecule has 2 nitrogen and oxygen atoms in total. The molecule has 0 amide bonds. The van der Waals surface area contributed by atoms with Gasteiger partial charge in [-0.3, -0.25) is 0 Å². The highest BCUT2D eigenvalue weighted by atomic mass is 79.9. The topological polar surface area (TPSA) is 21.3 Å². The minimum atomic E-state index is -4.24. The lowest BCUT2D eigenvalue weighted by atomic mass is 10.3. The Hall–Kier alpha value is -0.750. The molecule has 96 valence electrons. The summed E-state index contributed by atoms with van der Waals surface area (Å²) in [5, 5.41) is 3.10. The van der Waals surface area contributed by atoms with Gasteiger partial charge in [0, 0.05) is 23.3 Å². The average Bonchev–Trinajstić information content (AvgIpc) is 2.24. The van der Waals surface area contributed by atoms with E-state index in [2.05, 4.69) is 26.0 Å². The van der Waals surface area contributed by atoms with Gasteiger partial charge in [0.2, 0.25) is 0 Å². The lowest BCUT2D eigenvalue weighted by Crippen LogP contribution is -2.18. The van der Waals surface area contributed by atoms with E-state index in [1.54, 1.807) is 0 Å². The predicted octanol–water partition coefficient (Wildman–Crippen LogP) is 3.83. The molecule has 1 aromatic carbocycles. The van der Waals surface area contributed by atoms with E-state index in [0.717, 1.165) is 10.2 Å². The molecule has 0 unspecified atom stereocenters. The molecule has 0 saturated carbocycles. The molecule has 0 spiro atoms. The molecule has 0 heterocycles. The Morgan fingerprint density at radius 1 is 1.24 bits per heavy atom. The number of para-hydroxylation sites is 1. The molecule has 0 aliphatic heterocycles. The van der Waals surface area contributed by atoms with E-state index in [1.807, 2.05) is 24.3 Å². The molecular weight excluding hydrogens is 299 g/mol.